The first-order chi connectivity index (χ1) is 9.93. The zero-order valence-electron chi connectivity index (χ0n) is 12.6. The molecule has 2 atom stereocenters. The van der Waals surface area contributed by atoms with Gasteiger partial charge in [-0.15, -0.1) is 0 Å². The van der Waals surface area contributed by atoms with Crippen molar-refractivity contribution in [2.45, 2.75) is 44.9 Å². The summed E-state index contributed by atoms with van der Waals surface area (Å²) in [5.41, 5.74) is -0.213. The molecule has 0 bridgehead atoms. The van der Waals surface area contributed by atoms with Crippen molar-refractivity contribution in [2.75, 3.05) is 19.6 Å². The molecule has 1 aliphatic rings. The molecule has 1 aliphatic heterocycles. The Labute approximate surface area is 124 Å². The van der Waals surface area contributed by atoms with Gasteiger partial charge in [0, 0.05) is 18.6 Å². The minimum absolute atomic E-state index is 0.304. The van der Waals surface area contributed by atoms with E-state index in [4.69, 9.17) is 0 Å². The summed E-state index contributed by atoms with van der Waals surface area (Å²) in [6, 6.07) is 5.96. The van der Waals surface area contributed by atoms with E-state index in [0.29, 0.717) is 11.6 Å². The van der Waals surface area contributed by atoms with Crippen molar-refractivity contribution < 1.29 is 13.2 Å². The van der Waals surface area contributed by atoms with Crippen molar-refractivity contribution >= 4 is 0 Å². The smallest absolute Gasteiger partial charge is 0.309 e. The lowest BCUT2D eigenvalue weighted by atomic mass is 10.0. The molecule has 118 valence electrons. The molecule has 1 N–H and O–H groups in total. The molecule has 1 saturated heterocycles. The minimum atomic E-state index is -4.30. The van der Waals surface area contributed by atoms with E-state index in [2.05, 4.69) is 17.1 Å². The van der Waals surface area contributed by atoms with Gasteiger partial charge in [0.25, 0.3) is 0 Å². The monoisotopic (exact) mass is 300 g/mol. The van der Waals surface area contributed by atoms with Crippen LogP contribution in [-0.4, -0.2) is 30.6 Å². The number of benzene rings is 1. The Morgan fingerprint density at radius 3 is 2.71 bits per heavy atom. The predicted octanol–water partition coefficient (Wildman–Crippen LogP) is 3.84. The number of likely N-dealkylation sites (N-methyl/N-ethyl adjacent to an activating group) is 1. The van der Waals surface area contributed by atoms with Gasteiger partial charge in [0.1, 0.15) is 0 Å². The maximum absolute atomic E-state index is 13.0. The number of rotatable bonds is 5. The lowest BCUT2D eigenvalue weighted by Crippen LogP contribution is -2.38. The van der Waals surface area contributed by atoms with E-state index in [1.54, 1.807) is 19.1 Å². The molecule has 0 amide bonds. The molecule has 2 nitrogen and oxygen atoms in total. The zero-order chi connectivity index (χ0) is 15.5. The van der Waals surface area contributed by atoms with Crippen LogP contribution < -0.4 is 5.32 Å². The fourth-order valence-corrected chi connectivity index (χ4v) is 3.10. The van der Waals surface area contributed by atoms with Crippen LogP contribution in [0.4, 0.5) is 13.2 Å². The van der Waals surface area contributed by atoms with Crippen LogP contribution in [0.3, 0.4) is 0 Å². The zero-order valence-corrected chi connectivity index (χ0v) is 12.6. The third-order valence-corrected chi connectivity index (χ3v) is 4.30. The van der Waals surface area contributed by atoms with E-state index in [1.165, 1.54) is 12.5 Å². The number of likely N-dealkylation sites (tertiary alicyclic amines) is 1. The van der Waals surface area contributed by atoms with Crippen molar-refractivity contribution in [3.63, 3.8) is 0 Å². The van der Waals surface area contributed by atoms with Gasteiger partial charge in [-0.3, -0.25) is 4.90 Å². The molecule has 0 aliphatic carbocycles. The van der Waals surface area contributed by atoms with E-state index in [0.717, 1.165) is 32.1 Å². The summed E-state index contributed by atoms with van der Waals surface area (Å²) < 4.78 is 39.1. The third-order valence-electron chi connectivity index (χ3n) is 4.30. The quantitative estimate of drug-likeness (QED) is 0.889. The van der Waals surface area contributed by atoms with Crippen LogP contribution in [-0.2, 0) is 6.18 Å². The highest BCUT2D eigenvalue weighted by molar-refractivity contribution is 5.32. The summed E-state index contributed by atoms with van der Waals surface area (Å²) in [4.78, 5) is 2.38. The summed E-state index contributed by atoms with van der Waals surface area (Å²) in [5.74, 6) is 0. The first kappa shape index (κ1) is 16.3. The lowest BCUT2D eigenvalue weighted by Gasteiger charge is -2.26. The average Bonchev–Trinajstić information content (AvgIpc) is 2.91. The normalized spacial score (nSPS) is 21.7. The molecule has 0 spiro atoms. The van der Waals surface area contributed by atoms with Crippen LogP contribution in [0.25, 0.3) is 0 Å². The highest BCUT2D eigenvalue weighted by Gasteiger charge is 2.34. The Morgan fingerprint density at radius 1 is 1.33 bits per heavy atom. The summed E-state index contributed by atoms with van der Waals surface area (Å²) >= 11 is 0. The van der Waals surface area contributed by atoms with Crippen LogP contribution in [0.15, 0.2) is 24.3 Å². The Bertz CT molecular complexity index is 459. The number of nitrogens with zero attached hydrogens (tertiary/aromatic N) is 1. The first-order valence-corrected chi connectivity index (χ1v) is 7.57. The van der Waals surface area contributed by atoms with Gasteiger partial charge < -0.3 is 5.32 Å². The summed E-state index contributed by atoms with van der Waals surface area (Å²) in [7, 11) is 0. The molecular formula is C16H23F3N2. The lowest BCUT2D eigenvalue weighted by molar-refractivity contribution is -0.138. The summed E-state index contributed by atoms with van der Waals surface area (Å²) in [6.07, 6.45) is -2.00. The van der Waals surface area contributed by atoms with Gasteiger partial charge >= 0.3 is 6.18 Å². The largest absolute Gasteiger partial charge is 0.416 e. The first-order valence-electron chi connectivity index (χ1n) is 7.57. The Kier molecular flexibility index (Phi) is 5.27. The SMILES string of the molecule is CCN1CCCC1CNC(C)c1ccccc1C(F)(F)F. The Morgan fingerprint density at radius 2 is 2.05 bits per heavy atom. The molecule has 1 aromatic carbocycles. The standard InChI is InChI=1S/C16H23F3N2/c1-3-21-10-6-7-13(21)11-20-12(2)14-8-4-5-9-15(14)16(17,18)19/h4-5,8-9,12-13,20H,3,6-7,10-11H2,1-2H3. The van der Waals surface area contributed by atoms with Gasteiger partial charge in [0.2, 0.25) is 0 Å². The van der Waals surface area contributed by atoms with Crippen LogP contribution in [0.2, 0.25) is 0 Å². The maximum Gasteiger partial charge on any atom is 0.416 e. The van der Waals surface area contributed by atoms with Crippen molar-refractivity contribution in [2.24, 2.45) is 0 Å². The van der Waals surface area contributed by atoms with E-state index in [9.17, 15) is 13.2 Å². The topological polar surface area (TPSA) is 15.3 Å². The van der Waals surface area contributed by atoms with Crippen molar-refractivity contribution in [1.29, 1.82) is 0 Å². The van der Waals surface area contributed by atoms with Crippen LogP contribution in [0.5, 0.6) is 0 Å². The molecule has 0 saturated carbocycles. The second-order valence-electron chi connectivity index (χ2n) is 5.64. The van der Waals surface area contributed by atoms with E-state index in [1.807, 2.05) is 0 Å². The number of hydrogen-bond donors (Lipinski definition) is 1. The molecular weight excluding hydrogens is 277 g/mol. The molecule has 2 rings (SSSR count). The molecule has 21 heavy (non-hydrogen) atoms. The second-order valence-corrected chi connectivity index (χ2v) is 5.64. The highest BCUT2D eigenvalue weighted by Crippen LogP contribution is 2.34. The second kappa shape index (κ2) is 6.79. The maximum atomic E-state index is 13.0. The number of hydrogen-bond acceptors (Lipinski definition) is 2. The fourth-order valence-electron chi connectivity index (χ4n) is 3.10. The Balaban J connectivity index is 2.02. The van der Waals surface area contributed by atoms with Gasteiger partial charge in [-0.2, -0.15) is 13.2 Å². The van der Waals surface area contributed by atoms with Crippen LogP contribution >= 0.6 is 0 Å². The van der Waals surface area contributed by atoms with Gasteiger partial charge in [-0.25, -0.2) is 0 Å². The van der Waals surface area contributed by atoms with Crippen molar-refractivity contribution in [3.8, 4) is 0 Å². The van der Waals surface area contributed by atoms with Crippen molar-refractivity contribution in [1.82, 2.24) is 10.2 Å². The van der Waals surface area contributed by atoms with Gasteiger partial charge in [-0.1, -0.05) is 25.1 Å². The Hall–Kier alpha value is -1.07. The van der Waals surface area contributed by atoms with Gasteiger partial charge in [0.05, 0.1) is 5.56 Å². The predicted molar refractivity (Wildman–Crippen MR) is 78.1 cm³/mol. The number of halogens is 3. The molecule has 1 fully saturated rings. The number of nitrogens with one attached hydrogen (secondary N) is 1. The molecule has 1 heterocycles. The van der Waals surface area contributed by atoms with Crippen LogP contribution in [0, 0.1) is 0 Å². The molecule has 5 heteroatoms. The molecule has 0 aromatic heterocycles. The average molecular weight is 300 g/mol. The molecule has 1 aromatic rings. The van der Waals surface area contributed by atoms with Gasteiger partial charge in [0.15, 0.2) is 0 Å². The highest BCUT2D eigenvalue weighted by atomic mass is 19.4. The fraction of sp³-hybridized carbons (Fsp3) is 0.625. The minimum Gasteiger partial charge on any atom is -0.309 e. The van der Waals surface area contributed by atoms with Gasteiger partial charge in [-0.05, 0) is 44.5 Å². The summed E-state index contributed by atoms with van der Waals surface area (Å²) in [5, 5.41) is 3.28. The van der Waals surface area contributed by atoms with Crippen LogP contribution in [0.1, 0.15) is 43.9 Å². The third kappa shape index (κ3) is 3.98. The van der Waals surface area contributed by atoms with E-state index >= 15 is 0 Å². The number of alkyl halides is 3. The molecule has 2 unspecified atom stereocenters. The van der Waals surface area contributed by atoms with E-state index in [-0.39, 0.29) is 6.04 Å². The van der Waals surface area contributed by atoms with Crippen molar-refractivity contribution in [3.05, 3.63) is 35.4 Å². The molecule has 0 radical (unpaired) electrons. The summed E-state index contributed by atoms with van der Waals surface area (Å²) in [6.45, 7) is 6.76. The van der Waals surface area contributed by atoms with E-state index < -0.39 is 11.7 Å².